The molecule has 3 aromatic heterocycles. The van der Waals surface area contributed by atoms with Gasteiger partial charge in [0.15, 0.2) is 5.13 Å². The summed E-state index contributed by atoms with van der Waals surface area (Å²) in [7, 11) is 0. The van der Waals surface area contributed by atoms with Crippen LogP contribution < -0.4 is 10.6 Å². The van der Waals surface area contributed by atoms with Crippen LogP contribution in [0.15, 0.2) is 48.8 Å². The van der Waals surface area contributed by atoms with E-state index in [0.29, 0.717) is 17.0 Å². The zero-order valence-electron chi connectivity index (χ0n) is 17.2. The number of hydrogen-bond donors (Lipinski definition) is 2. The van der Waals surface area contributed by atoms with E-state index in [0.717, 1.165) is 10.0 Å². The number of rotatable bonds is 7. The van der Waals surface area contributed by atoms with Crippen molar-refractivity contribution in [3.63, 3.8) is 0 Å². The van der Waals surface area contributed by atoms with E-state index in [-0.39, 0.29) is 29.3 Å². The Balaban J connectivity index is 1.72. The van der Waals surface area contributed by atoms with Crippen molar-refractivity contribution in [3.8, 4) is 21.8 Å². The molecule has 6 nitrogen and oxygen atoms in total. The van der Waals surface area contributed by atoms with Crippen LogP contribution in [0.4, 0.5) is 19.9 Å². The minimum Gasteiger partial charge on any atom is -0.359 e. The fourth-order valence-electron chi connectivity index (χ4n) is 2.91. The second kappa shape index (κ2) is 9.54. The predicted octanol–water partition coefficient (Wildman–Crippen LogP) is 6.03. The Morgan fingerprint density at radius 3 is 2.62 bits per heavy atom. The number of nitrogens with one attached hydrogen (secondary N) is 2. The summed E-state index contributed by atoms with van der Waals surface area (Å²) in [5.74, 6) is -0.608. The summed E-state index contributed by atoms with van der Waals surface area (Å²) < 4.78 is 27.5. The Morgan fingerprint density at radius 2 is 1.88 bits per heavy atom. The van der Waals surface area contributed by atoms with E-state index in [2.05, 4.69) is 30.6 Å². The molecule has 0 bridgehead atoms. The van der Waals surface area contributed by atoms with Crippen molar-refractivity contribution in [2.45, 2.75) is 26.4 Å². The smallest absolute Gasteiger partial charge is 0.224 e. The number of benzene rings is 1. The molecule has 0 saturated heterocycles. The van der Waals surface area contributed by atoms with Gasteiger partial charge in [-0.1, -0.05) is 22.9 Å². The van der Waals surface area contributed by atoms with Crippen molar-refractivity contribution < 1.29 is 8.78 Å². The lowest BCUT2D eigenvalue weighted by Crippen LogP contribution is -2.08. The third-order valence-electron chi connectivity index (χ3n) is 4.35. The fourth-order valence-corrected chi connectivity index (χ4v) is 4.09. The molecule has 0 aliphatic carbocycles. The number of aromatic nitrogens is 4. The first-order chi connectivity index (χ1) is 15.4. The van der Waals surface area contributed by atoms with Gasteiger partial charge in [0.1, 0.15) is 11.6 Å². The zero-order chi connectivity index (χ0) is 22.7. The molecule has 0 radical (unpaired) electrons. The van der Waals surface area contributed by atoms with Crippen molar-refractivity contribution in [3.05, 3.63) is 71.1 Å². The van der Waals surface area contributed by atoms with Crippen LogP contribution in [0.1, 0.15) is 19.5 Å². The van der Waals surface area contributed by atoms with E-state index < -0.39 is 11.6 Å². The molecule has 0 fully saturated rings. The molecule has 4 aromatic rings. The summed E-state index contributed by atoms with van der Waals surface area (Å²) >= 11 is 7.71. The Labute approximate surface area is 192 Å². The maximum Gasteiger partial charge on any atom is 0.224 e. The number of halogens is 3. The van der Waals surface area contributed by atoms with Crippen LogP contribution >= 0.6 is 22.9 Å². The minimum absolute atomic E-state index is 0.0928. The molecular weight excluding hydrogens is 454 g/mol. The van der Waals surface area contributed by atoms with Gasteiger partial charge in [-0.15, -0.1) is 0 Å². The first-order valence-electron chi connectivity index (χ1n) is 9.79. The molecule has 0 atom stereocenters. The van der Waals surface area contributed by atoms with Crippen molar-refractivity contribution in [1.82, 2.24) is 19.9 Å². The fraction of sp³-hybridized carbons (Fsp3) is 0.182. The maximum atomic E-state index is 14.0. The van der Waals surface area contributed by atoms with E-state index in [1.54, 1.807) is 18.3 Å². The average molecular weight is 473 g/mol. The summed E-state index contributed by atoms with van der Waals surface area (Å²) in [6.07, 6.45) is 3.23. The highest BCUT2D eigenvalue weighted by Gasteiger charge is 2.15. The number of thiazole rings is 1. The average Bonchev–Trinajstić information content (AvgIpc) is 3.21. The third kappa shape index (κ3) is 5.17. The molecule has 2 N–H and O–H groups in total. The minimum atomic E-state index is -0.441. The van der Waals surface area contributed by atoms with E-state index in [9.17, 15) is 8.78 Å². The van der Waals surface area contributed by atoms with Gasteiger partial charge in [0.2, 0.25) is 5.95 Å². The highest BCUT2D eigenvalue weighted by atomic mass is 35.5. The first kappa shape index (κ1) is 22.0. The molecule has 32 heavy (non-hydrogen) atoms. The topological polar surface area (TPSA) is 75.6 Å². The van der Waals surface area contributed by atoms with Gasteiger partial charge in [-0.2, -0.15) is 0 Å². The van der Waals surface area contributed by atoms with Gasteiger partial charge in [0, 0.05) is 24.0 Å². The normalized spacial score (nSPS) is 11.1. The third-order valence-corrected chi connectivity index (χ3v) is 5.62. The summed E-state index contributed by atoms with van der Waals surface area (Å²) in [4.78, 5) is 18.3. The quantitative estimate of drug-likeness (QED) is 0.342. The van der Waals surface area contributed by atoms with Gasteiger partial charge >= 0.3 is 0 Å². The molecule has 0 spiro atoms. The van der Waals surface area contributed by atoms with Gasteiger partial charge in [-0.25, -0.2) is 23.7 Å². The number of pyridine rings is 1. The number of nitrogens with zero attached hydrogens (tertiary/aromatic N) is 4. The maximum absolute atomic E-state index is 14.0. The molecule has 4 rings (SSSR count). The Morgan fingerprint density at radius 1 is 1.06 bits per heavy atom. The van der Waals surface area contributed by atoms with Crippen LogP contribution in [0.25, 0.3) is 21.8 Å². The molecule has 0 unspecified atom stereocenters. The molecule has 0 aliphatic rings. The van der Waals surface area contributed by atoms with E-state index in [4.69, 9.17) is 11.6 Å². The van der Waals surface area contributed by atoms with Crippen LogP contribution in [0.2, 0.25) is 5.02 Å². The van der Waals surface area contributed by atoms with Crippen molar-refractivity contribution in [2.75, 3.05) is 10.6 Å². The largest absolute Gasteiger partial charge is 0.359 e. The van der Waals surface area contributed by atoms with Crippen LogP contribution in [0.5, 0.6) is 0 Å². The SMILES string of the molecule is CC(C)Nc1ncc(-c2cc(-c3ccc(F)cc3Cl)nc(NCc3ncccc3F)n2)s1. The molecule has 0 aliphatic heterocycles. The lowest BCUT2D eigenvalue weighted by atomic mass is 10.1. The number of hydrogen-bond acceptors (Lipinski definition) is 7. The van der Waals surface area contributed by atoms with Gasteiger partial charge < -0.3 is 10.6 Å². The van der Waals surface area contributed by atoms with E-state index in [1.165, 1.54) is 41.8 Å². The predicted molar refractivity (Wildman–Crippen MR) is 124 cm³/mol. The standard InChI is InChI=1S/C22H19ClF2N6S/c1-12(2)29-22-28-11-20(32-22)18-9-17(14-6-5-13(24)8-15(14)23)30-21(31-18)27-10-19-16(25)4-3-7-26-19/h3-9,11-12H,10H2,1-2H3,(H,28,29)(H,27,30,31). The Hall–Kier alpha value is -3.17. The van der Waals surface area contributed by atoms with E-state index in [1.807, 2.05) is 13.8 Å². The second-order valence-electron chi connectivity index (χ2n) is 7.20. The summed E-state index contributed by atoms with van der Waals surface area (Å²) in [6, 6.07) is 8.97. The van der Waals surface area contributed by atoms with Crippen molar-refractivity contribution in [1.29, 1.82) is 0 Å². The molecule has 0 saturated carbocycles. The van der Waals surface area contributed by atoms with Crippen LogP contribution in [-0.4, -0.2) is 26.0 Å². The summed E-state index contributed by atoms with van der Waals surface area (Å²) in [6.45, 7) is 4.15. The summed E-state index contributed by atoms with van der Waals surface area (Å²) in [5, 5.41) is 7.27. The van der Waals surface area contributed by atoms with Crippen LogP contribution in [0.3, 0.4) is 0 Å². The van der Waals surface area contributed by atoms with Crippen molar-refractivity contribution >= 4 is 34.0 Å². The van der Waals surface area contributed by atoms with Gasteiger partial charge in [0.25, 0.3) is 0 Å². The van der Waals surface area contributed by atoms with E-state index >= 15 is 0 Å². The van der Waals surface area contributed by atoms with Crippen LogP contribution in [0, 0.1) is 11.6 Å². The highest BCUT2D eigenvalue weighted by Crippen LogP contribution is 2.33. The molecule has 164 valence electrons. The Kier molecular flexibility index (Phi) is 6.57. The van der Waals surface area contributed by atoms with Gasteiger partial charge in [-0.05, 0) is 50.2 Å². The number of anilines is 2. The first-order valence-corrected chi connectivity index (χ1v) is 11.0. The molecule has 10 heteroatoms. The lowest BCUT2D eigenvalue weighted by molar-refractivity contribution is 0.602. The zero-order valence-corrected chi connectivity index (χ0v) is 18.8. The van der Waals surface area contributed by atoms with Crippen LogP contribution in [-0.2, 0) is 6.54 Å². The van der Waals surface area contributed by atoms with Gasteiger partial charge in [-0.3, -0.25) is 4.98 Å². The highest BCUT2D eigenvalue weighted by molar-refractivity contribution is 7.18. The Bertz CT molecular complexity index is 1250. The molecular formula is C22H19ClF2N6S. The summed E-state index contributed by atoms with van der Waals surface area (Å²) in [5.41, 5.74) is 1.89. The lowest BCUT2D eigenvalue weighted by Gasteiger charge is -2.10. The molecule has 1 aromatic carbocycles. The molecule has 0 amide bonds. The molecule has 3 heterocycles. The van der Waals surface area contributed by atoms with Crippen molar-refractivity contribution in [2.24, 2.45) is 0 Å². The second-order valence-corrected chi connectivity index (χ2v) is 8.64. The monoisotopic (exact) mass is 472 g/mol. The van der Waals surface area contributed by atoms with Gasteiger partial charge in [0.05, 0.1) is 33.5 Å².